The Labute approximate surface area is 145 Å². The number of rotatable bonds is 9. The van der Waals surface area contributed by atoms with Gasteiger partial charge in [-0.15, -0.1) is 11.3 Å². The highest BCUT2D eigenvalue weighted by molar-refractivity contribution is 7.15. The fourth-order valence-corrected chi connectivity index (χ4v) is 3.17. The molecule has 0 unspecified atom stereocenters. The second-order valence-electron chi connectivity index (χ2n) is 5.07. The number of hydrogen-bond acceptors (Lipinski definition) is 6. The summed E-state index contributed by atoms with van der Waals surface area (Å²) in [6.07, 6.45) is 0.605. The maximum atomic E-state index is 10.7. The molecular formula is C17H22N2O4S. The highest BCUT2D eigenvalue weighted by Crippen LogP contribution is 2.33. The molecule has 2 N–H and O–H groups in total. The van der Waals surface area contributed by atoms with E-state index in [1.165, 1.54) is 11.3 Å². The first-order valence-electron chi connectivity index (χ1n) is 7.88. The largest absolute Gasteiger partial charge is 0.490 e. The fourth-order valence-electron chi connectivity index (χ4n) is 2.19. The van der Waals surface area contributed by atoms with Crippen molar-refractivity contribution >= 4 is 28.1 Å². The molecule has 2 aromatic rings. The van der Waals surface area contributed by atoms with Crippen molar-refractivity contribution in [1.29, 1.82) is 0 Å². The van der Waals surface area contributed by atoms with Crippen molar-refractivity contribution in [3.05, 3.63) is 28.8 Å². The highest BCUT2D eigenvalue weighted by Gasteiger charge is 2.11. The van der Waals surface area contributed by atoms with Gasteiger partial charge in [-0.1, -0.05) is 0 Å². The molecule has 0 bridgehead atoms. The van der Waals surface area contributed by atoms with Crippen LogP contribution in [0.15, 0.2) is 18.2 Å². The standard InChI is InChI=1S/C17H22N2O4S/c1-4-22-13-7-6-12(10-14(13)23-5-2)19-17-18-11(3)15(24-17)8-9-16(20)21/h6-7,10H,4-5,8-9H2,1-3H3,(H,18,19)(H,20,21). The van der Waals surface area contributed by atoms with Crippen LogP contribution < -0.4 is 14.8 Å². The Morgan fingerprint density at radius 3 is 2.62 bits per heavy atom. The number of aliphatic carboxylic acids is 1. The monoisotopic (exact) mass is 350 g/mol. The van der Waals surface area contributed by atoms with E-state index in [9.17, 15) is 4.79 Å². The summed E-state index contributed by atoms with van der Waals surface area (Å²) in [7, 11) is 0. The molecule has 6 nitrogen and oxygen atoms in total. The van der Waals surface area contributed by atoms with E-state index in [2.05, 4.69) is 10.3 Å². The SMILES string of the molecule is CCOc1ccc(Nc2nc(C)c(CCC(=O)O)s2)cc1OCC. The molecule has 0 amide bonds. The summed E-state index contributed by atoms with van der Waals surface area (Å²) in [4.78, 5) is 16.2. The molecule has 1 aromatic carbocycles. The van der Waals surface area contributed by atoms with Crippen LogP contribution in [0.1, 0.15) is 30.8 Å². The molecule has 0 aliphatic heterocycles. The zero-order valence-electron chi connectivity index (χ0n) is 14.1. The van der Waals surface area contributed by atoms with Crippen molar-refractivity contribution in [3.8, 4) is 11.5 Å². The van der Waals surface area contributed by atoms with E-state index in [-0.39, 0.29) is 6.42 Å². The predicted octanol–water partition coefficient (Wildman–Crippen LogP) is 4.01. The van der Waals surface area contributed by atoms with Gasteiger partial charge in [0.2, 0.25) is 0 Å². The lowest BCUT2D eigenvalue weighted by molar-refractivity contribution is -0.136. The Kier molecular flexibility index (Phi) is 6.43. The topological polar surface area (TPSA) is 80.7 Å². The average molecular weight is 350 g/mol. The predicted molar refractivity (Wildman–Crippen MR) is 94.9 cm³/mol. The lowest BCUT2D eigenvalue weighted by Gasteiger charge is -2.12. The molecule has 1 heterocycles. The molecule has 0 fully saturated rings. The molecule has 24 heavy (non-hydrogen) atoms. The number of carbonyl (C=O) groups is 1. The Bertz CT molecular complexity index is 700. The Morgan fingerprint density at radius 2 is 1.96 bits per heavy atom. The zero-order chi connectivity index (χ0) is 17.5. The van der Waals surface area contributed by atoms with Crippen LogP contribution in [0, 0.1) is 6.92 Å². The van der Waals surface area contributed by atoms with Crippen LogP contribution >= 0.6 is 11.3 Å². The molecule has 0 aliphatic rings. The summed E-state index contributed by atoms with van der Waals surface area (Å²) in [6.45, 7) is 6.88. The molecule has 1 aromatic heterocycles. The van der Waals surface area contributed by atoms with Gasteiger partial charge in [-0.05, 0) is 39.3 Å². The fraction of sp³-hybridized carbons (Fsp3) is 0.412. The van der Waals surface area contributed by atoms with E-state index >= 15 is 0 Å². The quantitative estimate of drug-likeness (QED) is 0.711. The molecule has 7 heteroatoms. The number of carboxylic acids is 1. The third-order valence-electron chi connectivity index (χ3n) is 3.25. The van der Waals surface area contributed by atoms with Crippen molar-refractivity contribution in [2.75, 3.05) is 18.5 Å². The number of thiazole rings is 1. The molecule has 0 aliphatic carbocycles. The summed E-state index contributed by atoms with van der Waals surface area (Å²) in [5.41, 5.74) is 1.71. The highest BCUT2D eigenvalue weighted by atomic mass is 32.1. The number of anilines is 2. The first kappa shape index (κ1) is 18.1. The van der Waals surface area contributed by atoms with Gasteiger partial charge >= 0.3 is 5.97 Å². The normalized spacial score (nSPS) is 10.5. The van der Waals surface area contributed by atoms with Gasteiger partial charge in [0.1, 0.15) is 0 Å². The summed E-state index contributed by atoms with van der Waals surface area (Å²) in [5, 5.41) is 12.8. The summed E-state index contributed by atoms with van der Waals surface area (Å²) in [6, 6.07) is 5.64. The third kappa shape index (κ3) is 4.86. The third-order valence-corrected chi connectivity index (χ3v) is 4.39. The minimum atomic E-state index is -0.801. The van der Waals surface area contributed by atoms with E-state index < -0.39 is 5.97 Å². The zero-order valence-corrected chi connectivity index (χ0v) is 14.9. The molecule has 130 valence electrons. The van der Waals surface area contributed by atoms with Crippen molar-refractivity contribution in [2.45, 2.75) is 33.6 Å². The summed E-state index contributed by atoms with van der Waals surface area (Å²) in [5.74, 6) is 0.594. The molecular weight excluding hydrogens is 328 g/mol. The Hall–Kier alpha value is -2.28. The van der Waals surface area contributed by atoms with E-state index in [0.29, 0.717) is 31.1 Å². The Balaban J connectivity index is 2.14. The molecule has 0 saturated heterocycles. The van der Waals surface area contributed by atoms with Crippen LogP contribution in [0.2, 0.25) is 0 Å². The first-order chi connectivity index (χ1) is 11.5. The first-order valence-corrected chi connectivity index (χ1v) is 8.69. The van der Waals surface area contributed by atoms with Gasteiger partial charge in [-0.3, -0.25) is 4.79 Å². The second-order valence-corrected chi connectivity index (χ2v) is 6.16. The lowest BCUT2D eigenvalue weighted by Crippen LogP contribution is -1.99. The lowest BCUT2D eigenvalue weighted by atomic mass is 10.2. The smallest absolute Gasteiger partial charge is 0.303 e. The van der Waals surface area contributed by atoms with Gasteiger partial charge in [-0.2, -0.15) is 0 Å². The number of benzene rings is 1. The number of ether oxygens (including phenoxy) is 2. The van der Waals surface area contributed by atoms with Crippen molar-refractivity contribution in [1.82, 2.24) is 4.98 Å². The van der Waals surface area contributed by atoms with Crippen LogP contribution in [-0.4, -0.2) is 29.3 Å². The van der Waals surface area contributed by atoms with Gasteiger partial charge < -0.3 is 19.9 Å². The second kappa shape index (κ2) is 8.54. The van der Waals surface area contributed by atoms with Crippen molar-refractivity contribution in [3.63, 3.8) is 0 Å². The van der Waals surface area contributed by atoms with E-state index in [4.69, 9.17) is 14.6 Å². The molecule has 0 spiro atoms. The molecule has 0 atom stereocenters. The molecule has 2 rings (SSSR count). The van der Waals surface area contributed by atoms with Crippen molar-refractivity contribution in [2.24, 2.45) is 0 Å². The number of carboxylic acid groups (broad SMARTS) is 1. The number of aryl methyl sites for hydroxylation is 2. The van der Waals surface area contributed by atoms with Gasteiger partial charge in [0.25, 0.3) is 0 Å². The van der Waals surface area contributed by atoms with Crippen LogP contribution in [0.3, 0.4) is 0 Å². The van der Waals surface area contributed by atoms with E-state index in [1.807, 2.05) is 39.0 Å². The number of nitrogens with one attached hydrogen (secondary N) is 1. The van der Waals surface area contributed by atoms with Gasteiger partial charge in [0.15, 0.2) is 16.6 Å². The summed E-state index contributed by atoms with van der Waals surface area (Å²) < 4.78 is 11.2. The van der Waals surface area contributed by atoms with Gasteiger partial charge in [-0.25, -0.2) is 4.98 Å². The number of nitrogens with zero attached hydrogens (tertiary/aromatic N) is 1. The van der Waals surface area contributed by atoms with Crippen LogP contribution in [0.4, 0.5) is 10.8 Å². The van der Waals surface area contributed by atoms with Crippen LogP contribution in [-0.2, 0) is 11.2 Å². The molecule has 0 saturated carbocycles. The molecule has 0 radical (unpaired) electrons. The minimum Gasteiger partial charge on any atom is -0.490 e. The van der Waals surface area contributed by atoms with Crippen molar-refractivity contribution < 1.29 is 19.4 Å². The maximum Gasteiger partial charge on any atom is 0.303 e. The number of hydrogen-bond donors (Lipinski definition) is 2. The maximum absolute atomic E-state index is 10.7. The average Bonchev–Trinajstić information content (AvgIpc) is 2.88. The van der Waals surface area contributed by atoms with E-state index in [0.717, 1.165) is 21.4 Å². The number of aromatic nitrogens is 1. The minimum absolute atomic E-state index is 0.111. The van der Waals surface area contributed by atoms with Gasteiger partial charge in [0.05, 0.1) is 25.3 Å². The Morgan fingerprint density at radius 1 is 1.25 bits per heavy atom. The van der Waals surface area contributed by atoms with Gasteiger partial charge in [0, 0.05) is 16.6 Å². The summed E-state index contributed by atoms with van der Waals surface area (Å²) >= 11 is 1.47. The van der Waals surface area contributed by atoms with E-state index in [1.54, 1.807) is 0 Å². The van der Waals surface area contributed by atoms with Crippen LogP contribution in [0.5, 0.6) is 11.5 Å². The van der Waals surface area contributed by atoms with Crippen LogP contribution in [0.25, 0.3) is 0 Å².